The van der Waals surface area contributed by atoms with Crippen molar-refractivity contribution in [1.29, 1.82) is 0 Å². The maximum atomic E-state index is 4.97. The van der Waals surface area contributed by atoms with Gasteiger partial charge in [0.25, 0.3) is 0 Å². The van der Waals surface area contributed by atoms with Crippen molar-refractivity contribution in [1.82, 2.24) is 5.23 Å². The molecule has 1 N–H and O–H groups in total. The molecule has 4 heteroatoms. The van der Waals surface area contributed by atoms with Crippen molar-refractivity contribution in [2.75, 3.05) is 20.3 Å². The van der Waals surface area contributed by atoms with E-state index in [9.17, 15) is 0 Å². The molecule has 0 bridgehead atoms. The summed E-state index contributed by atoms with van der Waals surface area (Å²) in [5.74, 6) is 0. The summed E-state index contributed by atoms with van der Waals surface area (Å²) in [4.78, 5) is 0. The lowest BCUT2D eigenvalue weighted by Crippen LogP contribution is -2.30. The molecule has 3 nitrogen and oxygen atoms in total. The van der Waals surface area contributed by atoms with Gasteiger partial charge in [-0.2, -0.15) is 0 Å². The van der Waals surface area contributed by atoms with Gasteiger partial charge in [-0.05, 0) is 0 Å². The van der Waals surface area contributed by atoms with Crippen molar-refractivity contribution in [3.8, 4) is 0 Å². The minimum absolute atomic E-state index is 0.153. The van der Waals surface area contributed by atoms with E-state index < -0.39 is 0 Å². The topological polar surface area (TPSA) is 30.5 Å². The van der Waals surface area contributed by atoms with Gasteiger partial charge in [0, 0.05) is 20.3 Å². The van der Waals surface area contributed by atoms with Gasteiger partial charge < -0.3 is 14.5 Å². The number of hydrogen-bond donors (Lipinski definition) is 1. The molecule has 1 rings (SSSR count). The Labute approximate surface area is 43.2 Å². The Morgan fingerprint density at radius 2 is 2.71 bits per heavy atom. The van der Waals surface area contributed by atoms with Crippen LogP contribution in [-0.2, 0) is 9.31 Å². The summed E-state index contributed by atoms with van der Waals surface area (Å²) in [6.07, 6.45) is 0. The average molecular weight is 101 g/mol. The van der Waals surface area contributed by atoms with Crippen molar-refractivity contribution >= 4 is 7.25 Å². The highest BCUT2D eigenvalue weighted by molar-refractivity contribution is 6.41. The molecule has 0 amide bonds. The van der Waals surface area contributed by atoms with Crippen LogP contribution < -0.4 is 5.23 Å². The fourth-order valence-corrected chi connectivity index (χ4v) is 0.553. The Kier molecular flexibility index (Phi) is 1.67. The van der Waals surface area contributed by atoms with Gasteiger partial charge in [-0.1, -0.05) is 0 Å². The van der Waals surface area contributed by atoms with Gasteiger partial charge in [0.2, 0.25) is 0 Å². The molecule has 7 heavy (non-hydrogen) atoms. The Hall–Kier alpha value is -0.0551. The van der Waals surface area contributed by atoms with E-state index in [0.29, 0.717) is 0 Å². The molecule has 1 saturated heterocycles. The van der Waals surface area contributed by atoms with Crippen molar-refractivity contribution in [2.45, 2.75) is 0 Å². The van der Waals surface area contributed by atoms with Gasteiger partial charge in [-0.15, -0.1) is 0 Å². The van der Waals surface area contributed by atoms with Gasteiger partial charge in [0.1, 0.15) is 0 Å². The smallest absolute Gasteiger partial charge is 0.400 e. The lowest BCUT2D eigenvalue weighted by Gasteiger charge is -1.96. The molecule has 0 saturated carbocycles. The number of nitrogens with one attached hydrogen (secondary N) is 1. The maximum Gasteiger partial charge on any atom is 0.554 e. The summed E-state index contributed by atoms with van der Waals surface area (Å²) in [5.41, 5.74) is 0. The summed E-state index contributed by atoms with van der Waals surface area (Å²) in [7, 11) is 1.46. The minimum atomic E-state index is -0.153. The van der Waals surface area contributed by atoms with Crippen molar-refractivity contribution in [2.24, 2.45) is 0 Å². The van der Waals surface area contributed by atoms with Gasteiger partial charge >= 0.3 is 7.25 Å². The molecule has 0 radical (unpaired) electrons. The fourth-order valence-electron chi connectivity index (χ4n) is 0.553. The summed E-state index contributed by atoms with van der Waals surface area (Å²) in [5, 5.41) is 2.96. The third-order valence-corrected chi connectivity index (χ3v) is 0.896. The van der Waals surface area contributed by atoms with Crippen LogP contribution in [0.1, 0.15) is 0 Å². The van der Waals surface area contributed by atoms with Crippen LogP contribution in [0.3, 0.4) is 0 Å². The van der Waals surface area contributed by atoms with Crippen LogP contribution in [0.2, 0.25) is 0 Å². The molecule has 0 aromatic heterocycles. The van der Waals surface area contributed by atoms with E-state index in [-0.39, 0.29) is 7.25 Å². The molecular formula is C3H8BNO2. The summed E-state index contributed by atoms with van der Waals surface area (Å²) in [6, 6.07) is 0. The van der Waals surface area contributed by atoms with Crippen LogP contribution in [0.25, 0.3) is 0 Å². The normalized spacial score (nSPS) is 21.0. The van der Waals surface area contributed by atoms with E-state index in [0.717, 1.165) is 13.2 Å². The summed E-state index contributed by atoms with van der Waals surface area (Å²) in [6.45, 7) is 1.66. The molecule has 0 aliphatic carbocycles. The monoisotopic (exact) mass is 101 g/mol. The Morgan fingerprint density at radius 1 is 1.86 bits per heavy atom. The first-order valence-corrected chi connectivity index (χ1v) is 2.31. The third kappa shape index (κ3) is 1.16. The van der Waals surface area contributed by atoms with Gasteiger partial charge in [-0.3, -0.25) is 0 Å². The first kappa shape index (κ1) is 5.09. The highest BCUT2D eigenvalue weighted by Crippen LogP contribution is 1.87. The molecule has 0 aromatic carbocycles. The highest BCUT2D eigenvalue weighted by Gasteiger charge is 2.20. The van der Waals surface area contributed by atoms with E-state index in [4.69, 9.17) is 9.31 Å². The Balaban J connectivity index is 2.14. The molecule has 0 atom stereocenters. The summed E-state index contributed by atoms with van der Waals surface area (Å²) < 4.78 is 9.75. The predicted molar refractivity (Wildman–Crippen MR) is 26.7 cm³/mol. The van der Waals surface area contributed by atoms with Crippen LogP contribution >= 0.6 is 0 Å². The van der Waals surface area contributed by atoms with Gasteiger partial charge in [0.15, 0.2) is 0 Å². The van der Waals surface area contributed by atoms with Crippen LogP contribution in [0.4, 0.5) is 0 Å². The lowest BCUT2D eigenvalue weighted by molar-refractivity contribution is 0.267. The molecule has 40 valence electrons. The van der Waals surface area contributed by atoms with E-state index in [1.54, 1.807) is 7.11 Å². The summed E-state index contributed by atoms with van der Waals surface area (Å²) >= 11 is 0. The lowest BCUT2D eigenvalue weighted by atomic mass is 10.2. The first-order chi connectivity index (χ1) is 3.43. The highest BCUT2D eigenvalue weighted by atomic mass is 16.6. The van der Waals surface area contributed by atoms with Crippen LogP contribution in [0, 0.1) is 0 Å². The average Bonchev–Trinajstić information content (AvgIpc) is 2.14. The van der Waals surface area contributed by atoms with Crippen LogP contribution in [-0.4, -0.2) is 27.5 Å². The molecular weight excluding hydrogens is 92.8 g/mol. The molecule has 1 aliphatic rings. The van der Waals surface area contributed by atoms with E-state index in [1.807, 2.05) is 0 Å². The zero-order valence-electron chi connectivity index (χ0n) is 4.31. The molecule has 0 aromatic rings. The maximum absolute atomic E-state index is 4.97. The Bertz CT molecular complexity index is 54.9. The molecule has 0 unspecified atom stereocenters. The first-order valence-electron chi connectivity index (χ1n) is 2.31. The molecule has 1 heterocycles. The van der Waals surface area contributed by atoms with Gasteiger partial charge in [0.05, 0.1) is 0 Å². The number of rotatable bonds is 1. The van der Waals surface area contributed by atoms with E-state index >= 15 is 0 Å². The number of hydrogen-bond acceptors (Lipinski definition) is 3. The van der Waals surface area contributed by atoms with E-state index in [2.05, 4.69) is 5.23 Å². The predicted octanol–water partition coefficient (Wildman–Crippen LogP) is -0.763. The zero-order chi connectivity index (χ0) is 5.11. The second-order valence-electron chi connectivity index (χ2n) is 1.39. The molecule has 1 fully saturated rings. The second kappa shape index (κ2) is 2.30. The molecule has 1 aliphatic heterocycles. The Morgan fingerprint density at radius 3 is 3.00 bits per heavy atom. The van der Waals surface area contributed by atoms with E-state index in [1.165, 1.54) is 0 Å². The largest absolute Gasteiger partial charge is 0.554 e. The van der Waals surface area contributed by atoms with Crippen molar-refractivity contribution in [3.05, 3.63) is 0 Å². The van der Waals surface area contributed by atoms with Gasteiger partial charge in [-0.25, -0.2) is 0 Å². The van der Waals surface area contributed by atoms with Crippen molar-refractivity contribution < 1.29 is 9.31 Å². The van der Waals surface area contributed by atoms with Crippen LogP contribution in [0.15, 0.2) is 0 Å². The third-order valence-electron chi connectivity index (χ3n) is 0.896. The molecule has 0 spiro atoms. The SMILES string of the molecule is COB1NCCO1. The minimum Gasteiger partial charge on any atom is -0.400 e. The zero-order valence-corrected chi connectivity index (χ0v) is 4.31. The standard InChI is InChI=1S/C3H8BNO2/c1-6-4-5-2-3-7-4/h5H,2-3H2,1H3. The van der Waals surface area contributed by atoms with Crippen LogP contribution in [0.5, 0.6) is 0 Å². The second-order valence-corrected chi connectivity index (χ2v) is 1.39. The fraction of sp³-hybridized carbons (Fsp3) is 1.00. The quantitative estimate of drug-likeness (QED) is 0.440. The van der Waals surface area contributed by atoms with Crippen molar-refractivity contribution in [3.63, 3.8) is 0 Å².